The average Bonchev–Trinajstić information content (AvgIpc) is 2.62. The van der Waals surface area contributed by atoms with E-state index in [0.29, 0.717) is 24.5 Å². The first-order chi connectivity index (χ1) is 11.9. The molecule has 1 fully saturated rings. The molecule has 1 N–H and O–H groups in total. The van der Waals surface area contributed by atoms with Crippen LogP contribution < -0.4 is 10.1 Å². The molecular formula is C18H28N2O4S. The second-order valence-electron chi connectivity index (χ2n) is 6.51. The van der Waals surface area contributed by atoms with Crippen molar-refractivity contribution in [1.82, 2.24) is 4.31 Å². The van der Waals surface area contributed by atoms with Gasteiger partial charge in [0.05, 0.1) is 17.7 Å². The van der Waals surface area contributed by atoms with E-state index in [1.807, 2.05) is 13.8 Å². The lowest BCUT2D eigenvalue weighted by Crippen LogP contribution is -2.35. The van der Waals surface area contributed by atoms with E-state index in [9.17, 15) is 13.2 Å². The minimum atomic E-state index is -3.55. The van der Waals surface area contributed by atoms with Crippen molar-refractivity contribution in [1.29, 1.82) is 0 Å². The summed E-state index contributed by atoms with van der Waals surface area (Å²) in [5, 5.41) is 2.81. The maximum atomic E-state index is 12.8. The summed E-state index contributed by atoms with van der Waals surface area (Å²) in [6.07, 6.45) is 4.52. The van der Waals surface area contributed by atoms with E-state index >= 15 is 0 Å². The van der Waals surface area contributed by atoms with Crippen LogP contribution in [0.25, 0.3) is 0 Å². The number of benzene rings is 1. The van der Waals surface area contributed by atoms with E-state index < -0.39 is 10.0 Å². The van der Waals surface area contributed by atoms with Crippen molar-refractivity contribution in [2.75, 3.05) is 25.5 Å². The molecule has 1 saturated heterocycles. The third kappa shape index (κ3) is 4.73. The monoisotopic (exact) mass is 368 g/mol. The Kier molecular flexibility index (Phi) is 6.84. The lowest BCUT2D eigenvalue weighted by molar-refractivity contribution is -0.119. The van der Waals surface area contributed by atoms with E-state index in [1.54, 1.807) is 6.07 Å². The van der Waals surface area contributed by atoms with Gasteiger partial charge in [0.25, 0.3) is 0 Å². The smallest absolute Gasteiger partial charge is 0.243 e. The van der Waals surface area contributed by atoms with Gasteiger partial charge in [-0.2, -0.15) is 4.31 Å². The predicted octanol–water partition coefficient (Wildman–Crippen LogP) is 3.24. The van der Waals surface area contributed by atoms with E-state index in [2.05, 4.69) is 5.32 Å². The number of amides is 1. The number of anilines is 1. The molecule has 25 heavy (non-hydrogen) atoms. The lowest BCUT2D eigenvalue weighted by Gasteiger charge is -2.26. The highest BCUT2D eigenvalue weighted by Crippen LogP contribution is 2.30. The Labute approximate surface area is 150 Å². The Morgan fingerprint density at radius 1 is 1.28 bits per heavy atom. The number of carbonyl (C=O) groups excluding carboxylic acids is 1. The third-order valence-electron chi connectivity index (χ3n) is 4.55. The summed E-state index contributed by atoms with van der Waals surface area (Å²) in [4.78, 5) is 12.5. The Bertz CT molecular complexity index is 697. The molecule has 0 aromatic heterocycles. The van der Waals surface area contributed by atoms with Crippen LogP contribution in [0.3, 0.4) is 0 Å². The summed E-state index contributed by atoms with van der Waals surface area (Å²) in [7, 11) is -2.05. The summed E-state index contributed by atoms with van der Waals surface area (Å²) in [5.41, 5.74) is 0.397. The largest absolute Gasteiger partial charge is 0.495 e. The van der Waals surface area contributed by atoms with Crippen LogP contribution in [0, 0.1) is 5.92 Å². The van der Waals surface area contributed by atoms with Gasteiger partial charge < -0.3 is 10.1 Å². The zero-order valence-electron chi connectivity index (χ0n) is 15.2. The topological polar surface area (TPSA) is 75.7 Å². The summed E-state index contributed by atoms with van der Waals surface area (Å²) < 4.78 is 32.5. The number of hydrogen-bond donors (Lipinski definition) is 1. The maximum absolute atomic E-state index is 12.8. The molecule has 7 heteroatoms. The fourth-order valence-corrected chi connectivity index (χ4v) is 4.56. The van der Waals surface area contributed by atoms with Crippen molar-refractivity contribution >= 4 is 21.6 Å². The highest BCUT2D eigenvalue weighted by Gasteiger charge is 2.27. The van der Waals surface area contributed by atoms with Crippen LogP contribution >= 0.6 is 0 Å². The van der Waals surface area contributed by atoms with Crippen LogP contribution in [0.5, 0.6) is 5.75 Å². The molecule has 1 unspecified atom stereocenters. The van der Waals surface area contributed by atoms with Crippen molar-refractivity contribution in [2.24, 2.45) is 5.92 Å². The van der Waals surface area contributed by atoms with Gasteiger partial charge in [-0.15, -0.1) is 0 Å². The summed E-state index contributed by atoms with van der Waals surface area (Å²) in [5.74, 6) is 0.180. The standard InChI is InChI=1S/C18H28N2O4S/c1-4-8-14(2)18(21)19-16-13-15(9-10-17(16)24-3)25(22,23)20-11-6-5-7-12-20/h9-10,13-14H,4-8,11-12H2,1-3H3,(H,19,21). The van der Waals surface area contributed by atoms with Crippen molar-refractivity contribution in [3.05, 3.63) is 18.2 Å². The molecule has 1 aliphatic rings. The molecule has 0 bridgehead atoms. The molecular weight excluding hydrogens is 340 g/mol. The molecule has 1 aromatic rings. The van der Waals surface area contributed by atoms with Crippen LogP contribution in [0.2, 0.25) is 0 Å². The Morgan fingerprint density at radius 2 is 1.96 bits per heavy atom. The van der Waals surface area contributed by atoms with Crippen molar-refractivity contribution in [3.63, 3.8) is 0 Å². The first-order valence-corrected chi connectivity index (χ1v) is 10.3. The Morgan fingerprint density at radius 3 is 2.56 bits per heavy atom. The number of nitrogens with zero attached hydrogens (tertiary/aromatic N) is 1. The van der Waals surface area contributed by atoms with Crippen molar-refractivity contribution < 1.29 is 17.9 Å². The molecule has 1 amide bonds. The first-order valence-electron chi connectivity index (χ1n) is 8.89. The summed E-state index contributed by atoms with van der Waals surface area (Å²) >= 11 is 0. The molecule has 140 valence electrons. The summed E-state index contributed by atoms with van der Waals surface area (Å²) in [6.45, 7) is 4.98. The third-order valence-corrected chi connectivity index (χ3v) is 6.45. The second kappa shape index (κ2) is 8.67. The fourth-order valence-electron chi connectivity index (χ4n) is 3.02. The SMILES string of the molecule is CCCC(C)C(=O)Nc1cc(S(=O)(=O)N2CCCCC2)ccc1OC. The van der Waals surface area contributed by atoms with Gasteiger partial charge in [0, 0.05) is 19.0 Å². The summed E-state index contributed by atoms with van der Waals surface area (Å²) in [6, 6.07) is 4.63. The quantitative estimate of drug-likeness (QED) is 0.802. The highest BCUT2D eigenvalue weighted by atomic mass is 32.2. The van der Waals surface area contributed by atoms with E-state index in [-0.39, 0.29) is 16.7 Å². The number of ether oxygens (including phenoxy) is 1. The highest BCUT2D eigenvalue weighted by molar-refractivity contribution is 7.89. The number of sulfonamides is 1. The average molecular weight is 368 g/mol. The molecule has 0 aliphatic carbocycles. The molecule has 0 radical (unpaired) electrons. The normalized spacial score (nSPS) is 17.1. The zero-order valence-corrected chi connectivity index (χ0v) is 16.1. The lowest BCUT2D eigenvalue weighted by atomic mass is 10.1. The molecule has 2 rings (SSSR count). The van der Waals surface area contributed by atoms with Gasteiger partial charge in [-0.1, -0.05) is 26.7 Å². The van der Waals surface area contributed by atoms with Gasteiger partial charge in [0.2, 0.25) is 15.9 Å². The van der Waals surface area contributed by atoms with Crippen LogP contribution in [0.4, 0.5) is 5.69 Å². The van der Waals surface area contributed by atoms with E-state index in [4.69, 9.17) is 4.74 Å². The maximum Gasteiger partial charge on any atom is 0.243 e. The number of methoxy groups -OCH3 is 1. The second-order valence-corrected chi connectivity index (χ2v) is 8.44. The number of hydrogen-bond acceptors (Lipinski definition) is 4. The number of carbonyl (C=O) groups is 1. The van der Waals surface area contributed by atoms with Crippen molar-refractivity contribution in [3.8, 4) is 5.75 Å². The fraction of sp³-hybridized carbons (Fsp3) is 0.611. The van der Waals surface area contributed by atoms with Crippen LogP contribution in [-0.2, 0) is 14.8 Å². The van der Waals surface area contributed by atoms with E-state index in [1.165, 1.54) is 23.5 Å². The minimum absolute atomic E-state index is 0.132. The zero-order chi connectivity index (χ0) is 18.4. The molecule has 0 spiro atoms. The van der Waals surface area contributed by atoms with Gasteiger partial charge in [-0.05, 0) is 37.5 Å². The molecule has 1 aromatic carbocycles. The minimum Gasteiger partial charge on any atom is -0.495 e. The Balaban J connectivity index is 2.28. The molecule has 6 nitrogen and oxygen atoms in total. The molecule has 1 heterocycles. The Hall–Kier alpha value is -1.60. The molecule has 0 saturated carbocycles. The van der Waals surface area contributed by atoms with Crippen LogP contribution in [-0.4, -0.2) is 38.8 Å². The molecule has 1 aliphatic heterocycles. The van der Waals surface area contributed by atoms with Crippen LogP contribution in [0.15, 0.2) is 23.1 Å². The predicted molar refractivity (Wildman–Crippen MR) is 98.3 cm³/mol. The van der Waals surface area contributed by atoms with Gasteiger partial charge >= 0.3 is 0 Å². The van der Waals surface area contributed by atoms with Gasteiger partial charge in [0.1, 0.15) is 5.75 Å². The first kappa shape index (κ1) is 19.7. The number of nitrogens with one attached hydrogen (secondary N) is 1. The molecule has 1 atom stereocenters. The van der Waals surface area contributed by atoms with Gasteiger partial charge in [0.15, 0.2) is 0 Å². The van der Waals surface area contributed by atoms with E-state index in [0.717, 1.165) is 32.1 Å². The van der Waals surface area contributed by atoms with Crippen LogP contribution in [0.1, 0.15) is 46.0 Å². The number of rotatable bonds is 7. The number of piperidine rings is 1. The van der Waals surface area contributed by atoms with Crippen molar-refractivity contribution in [2.45, 2.75) is 50.8 Å². The van der Waals surface area contributed by atoms with Gasteiger partial charge in [-0.3, -0.25) is 4.79 Å². The van der Waals surface area contributed by atoms with Gasteiger partial charge in [-0.25, -0.2) is 8.42 Å².